The third-order valence-corrected chi connectivity index (χ3v) is 7.53. The molecular formula is C30H38F3N5O4. The number of alkyl halides is 2. The van der Waals surface area contributed by atoms with Gasteiger partial charge in [-0.25, -0.2) is 19.2 Å². The molecular weight excluding hydrogens is 551 g/mol. The normalized spacial score (nSPS) is 17.3. The van der Waals surface area contributed by atoms with Crippen LogP contribution >= 0.6 is 0 Å². The largest absolute Gasteiger partial charge is 0.493 e. The van der Waals surface area contributed by atoms with Crippen LogP contribution in [0, 0.1) is 19.7 Å². The van der Waals surface area contributed by atoms with E-state index in [4.69, 9.17) is 9.47 Å². The van der Waals surface area contributed by atoms with Crippen LogP contribution in [0.25, 0.3) is 10.9 Å². The number of likely N-dealkylation sites (N-methyl/N-ethyl adjacent to an activating group) is 1. The molecule has 1 amide bonds. The number of nitrogens with zero attached hydrogens (tertiary/aromatic N) is 4. The first-order valence-electron chi connectivity index (χ1n) is 13.7. The number of methoxy groups -OCH3 is 1. The lowest BCUT2D eigenvalue weighted by Crippen LogP contribution is -2.53. The minimum Gasteiger partial charge on any atom is -0.493 e. The SMILES string of the molecule is COc1cc2nc(C)nc(N[C@H](C)c3cc(C)cc(C(F)(F)C(C)(C)O)c3F)c2cc1OC(=O)N1CCN(C)C[C@@H]1C. The highest BCUT2D eigenvalue weighted by atomic mass is 19.3. The number of fused-ring (bicyclic) bond motifs is 1. The van der Waals surface area contributed by atoms with E-state index in [0.717, 1.165) is 19.9 Å². The second-order valence-electron chi connectivity index (χ2n) is 11.5. The molecule has 0 bridgehead atoms. The fourth-order valence-electron chi connectivity index (χ4n) is 5.12. The molecule has 2 atom stereocenters. The van der Waals surface area contributed by atoms with E-state index in [-0.39, 0.29) is 28.9 Å². The van der Waals surface area contributed by atoms with Gasteiger partial charge in [-0.15, -0.1) is 0 Å². The highest BCUT2D eigenvalue weighted by molar-refractivity contribution is 5.92. The zero-order valence-electron chi connectivity index (χ0n) is 25.2. The van der Waals surface area contributed by atoms with Crippen molar-refractivity contribution in [2.45, 2.75) is 65.1 Å². The molecule has 0 aliphatic carbocycles. The van der Waals surface area contributed by atoms with E-state index >= 15 is 13.2 Å². The number of piperazine rings is 1. The molecule has 2 aromatic carbocycles. The van der Waals surface area contributed by atoms with Crippen LogP contribution < -0.4 is 14.8 Å². The number of aromatic nitrogens is 2. The van der Waals surface area contributed by atoms with Crippen LogP contribution in [0.4, 0.5) is 23.8 Å². The van der Waals surface area contributed by atoms with Gasteiger partial charge >= 0.3 is 12.0 Å². The van der Waals surface area contributed by atoms with Gasteiger partial charge in [-0.2, -0.15) is 8.78 Å². The molecule has 9 nitrogen and oxygen atoms in total. The quantitative estimate of drug-likeness (QED) is 0.369. The van der Waals surface area contributed by atoms with Crippen LogP contribution in [-0.4, -0.2) is 76.4 Å². The molecule has 0 unspecified atom stereocenters. The average molecular weight is 590 g/mol. The van der Waals surface area contributed by atoms with Crippen LogP contribution in [0.5, 0.6) is 11.5 Å². The molecule has 2 heterocycles. The number of ether oxygens (including phenoxy) is 2. The van der Waals surface area contributed by atoms with Gasteiger partial charge in [0.05, 0.1) is 24.2 Å². The predicted molar refractivity (Wildman–Crippen MR) is 154 cm³/mol. The van der Waals surface area contributed by atoms with Crippen LogP contribution in [0.2, 0.25) is 0 Å². The molecule has 0 spiro atoms. The van der Waals surface area contributed by atoms with Crippen molar-refractivity contribution in [3.8, 4) is 11.5 Å². The first-order chi connectivity index (χ1) is 19.5. The molecule has 2 N–H and O–H groups in total. The van der Waals surface area contributed by atoms with E-state index in [0.29, 0.717) is 41.9 Å². The van der Waals surface area contributed by atoms with E-state index in [1.165, 1.54) is 13.2 Å². The second-order valence-corrected chi connectivity index (χ2v) is 11.5. The zero-order valence-corrected chi connectivity index (χ0v) is 25.2. The number of anilines is 1. The van der Waals surface area contributed by atoms with Crippen LogP contribution in [0.1, 0.15) is 56.3 Å². The van der Waals surface area contributed by atoms with E-state index < -0.39 is 35.0 Å². The third-order valence-electron chi connectivity index (χ3n) is 7.53. The molecule has 0 radical (unpaired) electrons. The first-order valence-corrected chi connectivity index (χ1v) is 13.7. The number of aliphatic hydroxyl groups is 1. The molecule has 1 saturated heterocycles. The Kier molecular flexibility index (Phi) is 8.62. The summed E-state index contributed by atoms with van der Waals surface area (Å²) in [6, 6.07) is 4.83. The minimum absolute atomic E-state index is 0.0254. The number of rotatable bonds is 7. The van der Waals surface area contributed by atoms with Gasteiger partial charge < -0.3 is 29.7 Å². The highest BCUT2D eigenvalue weighted by Crippen LogP contribution is 2.42. The number of halogens is 3. The number of hydrogen-bond donors (Lipinski definition) is 2. The molecule has 1 aliphatic rings. The standard InChI is InChI=1S/C30H38F3N5O4/c1-16-11-20(26(31)22(12-16)30(32,33)29(5,6)40)18(3)34-27-21-13-25(24(41-8)14-23(21)35-19(4)36-27)42-28(39)38-10-9-37(7)15-17(38)2/h11-14,17-18,40H,9-10,15H2,1-8H3,(H,34,35,36)/t17-,18+/m0/s1. The van der Waals surface area contributed by atoms with Crippen molar-refractivity contribution < 1.29 is 32.5 Å². The number of nitrogens with one attached hydrogen (secondary N) is 1. The van der Waals surface area contributed by atoms with Crippen molar-refractivity contribution in [3.63, 3.8) is 0 Å². The van der Waals surface area contributed by atoms with Crippen molar-refractivity contribution in [3.05, 3.63) is 52.6 Å². The molecule has 4 rings (SSSR count). The van der Waals surface area contributed by atoms with E-state index in [9.17, 15) is 9.90 Å². The van der Waals surface area contributed by atoms with E-state index in [2.05, 4.69) is 20.2 Å². The van der Waals surface area contributed by atoms with Crippen molar-refractivity contribution in [1.82, 2.24) is 19.8 Å². The van der Waals surface area contributed by atoms with Crippen LogP contribution in [-0.2, 0) is 5.92 Å². The van der Waals surface area contributed by atoms with Crippen LogP contribution in [0.3, 0.4) is 0 Å². The summed E-state index contributed by atoms with van der Waals surface area (Å²) in [6.45, 7) is 10.6. The lowest BCUT2D eigenvalue weighted by molar-refractivity contribution is -0.170. The van der Waals surface area contributed by atoms with Gasteiger partial charge in [0.15, 0.2) is 11.5 Å². The fourth-order valence-corrected chi connectivity index (χ4v) is 5.12. The van der Waals surface area contributed by atoms with Crippen LogP contribution in [0.15, 0.2) is 24.3 Å². The monoisotopic (exact) mass is 589 g/mol. The average Bonchev–Trinajstić information content (AvgIpc) is 2.88. The summed E-state index contributed by atoms with van der Waals surface area (Å²) in [5, 5.41) is 13.6. The lowest BCUT2D eigenvalue weighted by atomic mass is 9.89. The van der Waals surface area contributed by atoms with Gasteiger partial charge in [-0.05, 0) is 60.7 Å². The topological polar surface area (TPSA) is 100 Å². The number of hydrogen-bond acceptors (Lipinski definition) is 8. The van der Waals surface area contributed by atoms with Gasteiger partial charge in [-0.1, -0.05) is 11.6 Å². The molecule has 3 aromatic rings. The zero-order chi connectivity index (χ0) is 31.1. The Morgan fingerprint density at radius 2 is 1.83 bits per heavy atom. The smallest absolute Gasteiger partial charge is 0.415 e. The molecule has 12 heteroatoms. The number of amides is 1. The summed E-state index contributed by atoms with van der Waals surface area (Å²) in [6.07, 6.45) is -0.522. The molecule has 1 aliphatic heterocycles. The van der Waals surface area contributed by atoms with Crippen molar-refractivity contribution >= 4 is 22.8 Å². The first kappa shape index (κ1) is 31.3. The highest BCUT2D eigenvalue weighted by Gasteiger charge is 2.49. The Bertz CT molecular complexity index is 1490. The predicted octanol–water partition coefficient (Wildman–Crippen LogP) is 5.56. The summed E-state index contributed by atoms with van der Waals surface area (Å²) >= 11 is 0. The maximum absolute atomic E-state index is 15.6. The van der Waals surface area contributed by atoms with E-state index in [1.807, 2.05) is 14.0 Å². The summed E-state index contributed by atoms with van der Waals surface area (Å²) in [5.74, 6) is -3.84. The Morgan fingerprint density at radius 1 is 1.14 bits per heavy atom. The number of carbonyl (C=O) groups excluding carboxylic acids is 1. The van der Waals surface area contributed by atoms with Gasteiger partial charge in [0, 0.05) is 42.7 Å². The summed E-state index contributed by atoms with van der Waals surface area (Å²) in [7, 11) is 3.44. The summed E-state index contributed by atoms with van der Waals surface area (Å²) in [5.41, 5.74) is -2.52. The van der Waals surface area contributed by atoms with Gasteiger partial charge in [0.2, 0.25) is 0 Å². The Balaban J connectivity index is 1.72. The number of benzene rings is 2. The molecule has 1 aromatic heterocycles. The van der Waals surface area contributed by atoms with Gasteiger partial charge in [-0.3, -0.25) is 0 Å². The summed E-state index contributed by atoms with van der Waals surface area (Å²) < 4.78 is 57.0. The second kappa shape index (κ2) is 11.6. The third kappa shape index (κ3) is 6.10. The van der Waals surface area contributed by atoms with Crippen molar-refractivity contribution in [1.29, 1.82) is 0 Å². The molecule has 228 valence electrons. The van der Waals surface area contributed by atoms with E-state index in [1.54, 1.807) is 37.8 Å². The molecule has 1 fully saturated rings. The molecule has 0 saturated carbocycles. The number of carbonyl (C=O) groups is 1. The Morgan fingerprint density at radius 3 is 2.45 bits per heavy atom. The van der Waals surface area contributed by atoms with Gasteiger partial charge in [0.1, 0.15) is 23.1 Å². The minimum atomic E-state index is -3.84. The maximum Gasteiger partial charge on any atom is 0.415 e. The molecule has 42 heavy (non-hydrogen) atoms. The van der Waals surface area contributed by atoms with Crippen molar-refractivity contribution in [2.24, 2.45) is 0 Å². The lowest BCUT2D eigenvalue weighted by Gasteiger charge is -2.37. The Labute approximate surface area is 243 Å². The fraction of sp³-hybridized carbons (Fsp3) is 0.500. The number of aryl methyl sites for hydroxylation is 2. The maximum atomic E-state index is 15.6. The Hall–Kier alpha value is -3.64. The van der Waals surface area contributed by atoms with Crippen molar-refractivity contribution in [2.75, 3.05) is 39.1 Å². The summed E-state index contributed by atoms with van der Waals surface area (Å²) in [4.78, 5) is 25.8. The van der Waals surface area contributed by atoms with Gasteiger partial charge in [0.25, 0.3) is 0 Å².